The largest absolute Gasteiger partial charge is 0.317 e. The molecular formula is C25H19N5O6. The Bertz CT molecular complexity index is 1370. The van der Waals surface area contributed by atoms with Crippen molar-refractivity contribution in [2.75, 3.05) is 0 Å². The summed E-state index contributed by atoms with van der Waals surface area (Å²) in [7, 11) is 0. The molecule has 0 atom stereocenters. The van der Waals surface area contributed by atoms with E-state index in [-0.39, 0.29) is 17.1 Å². The monoisotopic (exact) mass is 485 g/mol. The fraction of sp³-hybridized carbons (Fsp3) is 0. The molecule has 0 aliphatic carbocycles. The number of non-ortho nitro benzene ring substituents is 1. The van der Waals surface area contributed by atoms with Crippen LogP contribution in [0.2, 0.25) is 0 Å². The predicted octanol–water partition coefficient (Wildman–Crippen LogP) is 4.09. The molecule has 0 spiro atoms. The van der Waals surface area contributed by atoms with Gasteiger partial charge in [-0.2, -0.15) is 5.10 Å². The number of nitrogens with zero attached hydrogens (tertiary/aromatic N) is 3. The third-order valence-electron chi connectivity index (χ3n) is 4.68. The average molecular weight is 485 g/mol. The average Bonchev–Trinajstić information content (AvgIpc) is 2.89. The van der Waals surface area contributed by atoms with Crippen LogP contribution in [0.1, 0.15) is 21.5 Å². The summed E-state index contributed by atoms with van der Waals surface area (Å²) in [5, 5.41) is 28.2. The fourth-order valence-corrected chi connectivity index (χ4v) is 2.94. The van der Waals surface area contributed by atoms with Crippen LogP contribution in [-0.2, 0) is 4.79 Å². The van der Waals surface area contributed by atoms with Crippen LogP contribution in [0, 0.1) is 20.2 Å². The number of nitrogens with one attached hydrogen (secondary N) is 2. The van der Waals surface area contributed by atoms with E-state index < -0.39 is 21.7 Å². The summed E-state index contributed by atoms with van der Waals surface area (Å²) in [5.74, 6) is -1.30. The number of amides is 2. The highest BCUT2D eigenvalue weighted by molar-refractivity contribution is 6.05. The summed E-state index contributed by atoms with van der Waals surface area (Å²) >= 11 is 0. The smallest absolute Gasteiger partial charge is 0.287 e. The van der Waals surface area contributed by atoms with Gasteiger partial charge in [0.25, 0.3) is 23.2 Å². The van der Waals surface area contributed by atoms with Crippen LogP contribution in [0.25, 0.3) is 12.2 Å². The minimum atomic E-state index is -0.757. The molecule has 0 aliphatic rings. The van der Waals surface area contributed by atoms with Crippen molar-refractivity contribution < 1.29 is 19.4 Å². The zero-order valence-corrected chi connectivity index (χ0v) is 18.6. The minimum absolute atomic E-state index is 0.0804. The van der Waals surface area contributed by atoms with Gasteiger partial charge in [0.15, 0.2) is 0 Å². The number of hydrazone groups is 1. The Hall–Kier alpha value is -5.45. The maximum Gasteiger partial charge on any atom is 0.287 e. The molecule has 2 N–H and O–H groups in total. The van der Waals surface area contributed by atoms with Gasteiger partial charge in [0.1, 0.15) is 5.70 Å². The number of nitro groups is 2. The minimum Gasteiger partial charge on any atom is -0.317 e. The van der Waals surface area contributed by atoms with Crippen LogP contribution in [0.5, 0.6) is 0 Å². The third-order valence-corrected chi connectivity index (χ3v) is 4.68. The van der Waals surface area contributed by atoms with E-state index in [1.807, 2.05) is 0 Å². The van der Waals surface area contributed by atoms with Gasteiger partial charge in [0.2, 0.25) is 0 Å². The first kappa shape index (κ1) is 25.2. The lowest BCUT2D eigenvalue weighted by molar-refractivity contribution is -0.385. The molecule has 0 saturated heterocycles. The Balaban J connectivity index is 1.77. The van der Waals surface area contributed by atoms with Crippen LogP contribution < -0.4 is 10.7 Å². The summed E-state index contributed by atoms with van der Waals surface area (Å²) in [5.41, 5.74) is 3.01. The van der Waals surface area contributed by atoms with Crippen molar-refractivity contribution in [3.8, 4) is 0 Å². The lowest BCUT2D eigenvalue weighted by atomic mass is 10.1. The van der Waals surface area contributed by atoms with E-state index in [1.165, 1.54) is 54.8 Å². The van der Waals surface area contributed by atoms with Crippen molar-refractivity contribution in [3.63, 3.8) is 0 Å². The zero-order chi connectivity index (χ0) is 25.9. The number of nitro benzene ring substituents is 2. The quantitative estimate of drug-likeness (QED) is 0.201. The first-order valence-corrected chi connectivity index (χ1v) is 10.4. The molecule has 0 radical (unpaired) electrons. The zero-order valence-electron chi connectivity index (χ0n) is 18.6. The Morgan fingerprint density at radius 1 is 0.833 bits per heavy atom. The van der Waals surface area contributed by atoms with Crippen molar-refractivity contribution in [1.82, 2.24) is 10.7 Å². The number of hydrogen-bond donors (Lipinski definition) is 2. The molecule has 0 aromatic heterocycles. The number of para-hydroxylation sites is 1. The van der Waals surface area contributed by atoms with Gasteiger partial charge in [-0.1, -0.05) is 30.3 Å². The molecule has 2 amide bonds. The van der Waals surface area contributed by atoms with E-state index in [0.717, 1.165) is 0 Å². The van der Waals surface area contributed by atoms with Gasteiger partial charge in [-0.05, 0) is 54.1 Å². The van der Waals surface area contributed by atoms with Crippen LogP contribution in [0.3, 0.4) is 0 Å². The van der Waals surface area contributed by atoms with E-state index >= 15 is 0 Å². The van der Waals surface area contributed by atoms with E-state index in [4.69, 9.17) is 0 Å². The normalized spacial score (nSPS) is 11.4. The molecule has 3 aromatic carbocycles. The van der Waals surface area contributed by atoms with Crippen LogP contribution in [0.15, 0.2) is 95.7 Å². The number of allylic oxidation sites excluding steroid dienone is 1. The van der Waals surface area contributed by atoms with E-state index in [0.29, 0.717) is 16.7 Å². The van der Waals surface area contributed by atoms with Gasteiger partial charge in [-0.15, -0.1) is 0 Å². The first-order valence-electron chi connectivity index (χ1n) is 10.4. The van der Waals surface area contributed by atoms with Crippen LogP contribution >= 0.6 is 0 Å². The van der Waals surface area contributed by atoms with Gasteiger partial charge >= 0.3 is 0 Å². The molecule has 0 unspecified atom stereocenters. The van der Waals surface area contributed by atoms with Gasteiger partial charge in [0.05, 0.1) is 15.4 Å². The lowest BCUT2D eigenvalue weighted by Gasteiger charge is -2.09. The van der Waals surface area contributed by atoms with Gasteiger partial charge in [0, 0.05) is 30.0 Å². The Morgan fingerprint density at radius 2 is 1.50 bits per heavy atom. The molecule has 180 valence electrons. The summed E-state index contributed by atoms with van der Waals surface area (Å²) in [6.45, 7) is 0. The Labute approximate surface area is 204 Å². The maximum absolute atomic E-state index is 12.7. The van der Waals surface area contributed by atoms with E-state index in [1.54, 1.807) is 48.5 Å². The second kappa shape index (κ2) is 12.1. The van der Waals surface area contributed by atoms with Crippen LogP contribution in [0.4, 0.5) is 11.4 Å². The number of rotatable bonds is 9. The van der Waals surface area contributed by atoms with Crippen molar-refractivity contribution in [3.05, 3.63) is 128 Å². The van der Waals surface area contributed by atoms with E-state index in [2.05, 4.69) is 15.8 Å². The number of hydrogen-bond acceptors (Lipinski definition) is 7. The number of carbonyl (C=O) groups excluding carboxylic acids is 2. The van der Waals surface area contributed by atoms with Gasteiger partial charge in [-0.25, -0.2) is 5.43 Å². The molecule has 0 fully saturated rings. The Kier molecular flexibility index (Phi) is 8.49. The standard InChI is InChI=1S/C25H19N5O6/c31-24(20-8-2-1-3-9-20)27-22(17-18-12-14-21(15-13-18)29(33)34)25(32)28-26-16-6-10-19-7-4-5-11-23(19)30(35)36/h1-17H,(H,27,31)(H,28,32). The molecule has 11 nitrogen and oxygen atoms in total. The molecule has 0 heterocycles. The van der Waals surface area contributed by atoms with Crippen molar-refractivity contribution >= 4 is 41.6 Å². The second-order valence-electron chi connectivity index (χ2n) is 7.12. The highest BCUT2D eigenvalue weighted by Crippen LogP contribution is 2.18. The fourth-order valence-electron chi connectivity index (χ4n) is 2.94. The SMILES string of the molecule is O=C(NN=CC=Cc1ccccc1[N+](=O)[O-])C(=Cc1ccc([N+](=O)[O-])cc1)NC(=O)c1ccccc1. The Morgan fingerprint density at radius 3 is 2.17 bits per heavy atom. The first-order chi connectivity index (χ1) is 17.3. The van der Waals surface area contributed by atoms with Crippen molar-refractivity contribution in [2.45, 2.75) is 0 Å². The molecular weight excluding hydrogens is 466 g/mol. The predicted molar refractivity (Wildman–Crippen MR) is 134 cm³/mol. The molecule has 11 heteroatoms. The molecule has 0 aliphatic heterocycles. The van der Waals surface area contributed by atoms with Gasteiger partial charge in [-0.3, -0.25) is 29.8 Å². The topological polar surface area (TPSA) is 157 Å². The molecule has 36 heavy (non-hydrogen) atoms. The van der Waals surface area contributed by atoms with Crippen LogP contribution in [-0.4, -0.2) is 27.9 Å². The summed E-state index contributed by atoms with van der Waals surface area (Å²) < 4.78 is 0. The van der Waals surface area contributed by atoms with Crippen molar-refractivity contribution in [1.29, 1.82) is 0 Å². The van der Waals surface area contributed by atoms with E-state index in [9.17, 15) is 29.8 Å². The molecule has 0 saturated carbocycles. The number of carbonyl (C=O) groups is 2. The molecule has 3 aromatic rings. The summed E-state index contributed by atoms with van der Waals surface area (Å²) in [6, 6.07) is 19.7. The molecule has 3 rings (SSSR count). The van der Waals surface area contributed by atoms with Gasteiger partial charge < -0.3 is 5.32 Å². The second-order valence-corrected chi connectivity index (χ2v) is 7.12. The molecule has 0 bridgehead atoms. The summed E-state index contributed by atoms with van der Waals surface area (Å²) in [4.78, 5) is 46.2. The lowest BCUT2D eigenvalue weighted by Crippen LogP contribution is -2.32. The number of benzene rings is 3. The van der Waals surface area contributed by atoms with Crippen molar-refractivity contribution in [2.24, 2.45) is 5.10 Å². The summed E-state index contributed by atoms with van der Waals surface area (Å²) in [6.07, 6.45) is 5.43. The third kappa shape index (κ3) is 7.02. The highest BCUT2D eigenvalue weighted by Gasteiger charge is 2.15. The highest BCUT2D eigenvalue weighted by atomic mass is 16.6. The maximum atomic E-state index is 12.7.